The van der Waals surface area contributed by atoms with Crippen LogP contribution < -0.4 is 15.4 Å². The summed E-state index contributed by atoms with van der Waals surface area (Å²) in [6.45, 7) is 2.79. The van der Waals surface area contributed by atoms with E-state index in [0.29, 0.717) is 32.6 Å². The Morgan fingerprint density at radius 1 is 1.13 bits per heavy atom. The van der Waals surface area contributed by atoms with Crippen LogP contribution in [0.3, 0.4) is 0 Å². The standard InChI is InChI=1S/C20H21Br2N3O4S/c1-2-3-4-5-10-29-18-9-6-13(11-16(18)22)19(26)24-20(30)23-17-8-7-14(25(27)28)12-15(17)21/h6-9,11-12H,2-5,10H2,1H3,(H2,23,24,26,30). The van der Waals surface area contributed by atoms with Crippen molar-refractivity contribution in [1.82, 2.24) is 5.32 Å². The first-order valence-electron chi connectivity index (χ1n) is 9.30. The first kappa shape index (κ1) is 24.2. The molecule has 0 saturated carbocycles. The second-order valence-corrected chi connectivity index (χ2v) is 8.50. The van der Waals surface area contributed by atoms with Crippen LogP contribution in [0.4, 0.5) is 11.4 Å². The maximum Gasteiger partial charge on any atom is 0.270 e. The fraction of sp³-hybridized carbons (Fsp3) is 0.300. The summed E-state index contributed by atoms with van der Waals surface area (Å²) >= 11 is 11.9. The summed E-state index contributed by atoms with van der Waals surface area (Å²) in [4.78, 5) is 22.8. The van der Waals surface area contributed by atoms with Crippen LogP contribution in [0.5, 0.6) is 5.75 Å². The van der Waals surface area contributed by atoms with Crippen molar-refractivity contribution >= 4 is 66.5 Å². The van der Waals surface area contributed by atoms with E-state index in [0.717, 1.165) is 12.8 Å². The normalized spacial score (nSPS) is 10.4. The highest BCUT2D eigenvalue weighted by molar-refractivity contribution is 9.11. The van der Waals surface area contributed by atoms with Crippen LogP contribution in [0, 0.1) is 10.1 Å². The van der Waals surface area contributed by atoms with Gasteiger partial charge < -0.3 is 10.1 Å². The molecule has 2 aromatic rings. The Labute approximate surface area is 197 Å². The molecule has 10 heteroatoms. The molecular weight excluding hydrogens is 538 g/mol. The summed E-state index contributed by atoms with van der Waals surface area (Å²) < 4.78 is 6.89. The smallest absolute Gasteiger partial charge is 0.270 e. The Bertz CT molecular complexity index is 940. The number of nitrogens with one attached hydrogen (secondary N) is 2. The second-order valence-electron chi connectivity index (χ2n) is 6.38. The van der Waals surface area contributed by atoms with E-state index in [-0.39, 0.29) is 16.7 Å². The zero-order valence-corrected chi connectivity index (χ0v) is 20.2. The summed E-state index contributed by atoms with van der Waals surface area (Å²) in [7, 11) is 0. The number of carbonyl (C=O) groups excluding carboxylic acids is 1. The van der Waals surface area contributed by atoms with Crippen molar-refractivity contribution < 1.29 is 14.5 Å². The van der Waals surface area contributed by atoms with E-state index in [9.17, 15) is 14.9 Å². The number of benzene rings is 2. The topological polar surface area (TPSA) is 93.5 Å². The third-order valence-corrected chi connectivity index (χ3v) is 5.57. The number of hydrogen-bond donors (Lipinski definition) is 2. The van der Waals surface area contributed by atoms with Crippen LogP contribution in [0.15, 0.2) is 45.3 Å². The summed E-state index contributed by atoms with van der Waals surface area (Å²) in [5.41, 5.74) is 0.853. The van der Waals surface area contributed by atoms with Gasteiger partial charge in [-0.1, -0.05) is 26.2 Å². The number of hydrogen-bond acceptors (Lipinski definition) is 5. The van der Waals surface area contributed by atoms with Crippen molar-refractivity contribution in [2.45, 2.75) is 32.6 Å². The maximum absolute atomic E-state index is 12.5. The number of thiocarbonyl (C=S) groups is 1. The molecule has 0 radical (unpaired) electrons. The van der Waals surface area contributed by atoms with Gasteiger partial charge in [0.1, 0.15) is 5.75 Å². The van der Waals surface area contributed by atoms with Gasteiger partial charge in [-0.3, -0.25) is 20.2 Å². The Morgan fingerprint density at radius 3 is 2.53 bits per heavy atom. The van der Waals surface area contributed by atoms with Crippen molar-refractivity contribution in [3.63, 3.8) is 0 Å². The molecule has 2 rings (SSSR count). The minimum Gasteiger partial charge on any atom is -0.492 e. The molecule has 0 fully saturated rings. The fourth-order valence-corrected chi connectivity index (χ4v) is 3.68. The number of nitrogens with zero attached hydrogens (tertiary/aromatic N) is 1. The van der Waals surface area contributed by atoms with Crippen LogP contribution in [0.25, 0.3) is 0 Å². The minimum atomic E-state index is -0.495. The zero-order valence-electron chi connectivity index (χ0n) is 16.2. The number of halogens is 2. The highest BCUT2D eigenvalue weighted by Gasteiger charge is 2.13. The van der Waals surface area contributed by atoms with Gasteiger partial charge in [-0.15, -0.1) is 0 Å². The van der Waals surface area contributed by atoms with Gasteiger partial charge in [-0.2, -0.15) is 0 Å². The molecule has 0 aliphatic heterocycles. The first-order chi connectivity index (χ1) is 14.3. The van der Waals surface area contributed by atoms with Gasteiger partial charge in [0.2, 0.25) is 0 Å². The number of unbranched alkanes of at least 4 members (excludes halogenated alkanes) is 3. The predicted octanol–water partition coefficient (Wildman–Crippen LogP) is 6.21. The number of anilines is 1. The van der Waals surface area contributed by atoms with Gasteiger partial charge >= 0.3 is 0 Å². The molecule has 0 heterocycles. The van der Waals surface area contributed by atoms with Crippen molar-refractivity contribution in [1.29, 1.82) is 0 Å². The van der Waals surface area contributed by atoms with E-state index in [1.807, 2.05) is 0 Å². The van der Waals surface area contributed by atoms with E-state index < -0.39 is 4.92 Å². The highest BCUT2D eigenvalue weighted by atomic mass is 79.9. The predicted molar refractivity (Wildman–Crippen MR) is 128 cm³/mol. The van der Waals surface area contributed by atoms with Gasteiger partial charge in [0.05, 0.1) is 21.7 Å². The molecule has 160 valence electrons. The van der Waals surface area contributed by atoms with Crippen LogP contribution in [0.1, 0.15) is 43.0 Å². The Kier molecular flexibility index (Phi) is 9.67. The molecule has 2 aromatic carbocycles. The van der Waals surface area contributed by atoms with Gasteiger partial charge in [0.25, 0.3) is 11.6 Å². The van der Waals surface area contributed by atoms with E-state index in [4.69, 9.17) is 17.0 Å². The SMILES string of the molecule is CCCCCCOc1ccc(C(=O)NC(=S)Nc2ccc([N+](=O)[O-])cc2Br)cc1Br. The monoisotopic (exact) mass is 557 g/mol. The third kappa shape index (κ3) is 7.33. The van der Waals surface area contributed by atoms with Crippen LogP contribution in [-0.2, 0) is 0 Å². The van der Waals surface area contributed by atoms with Crippen LogP contribution in [0.2, 0.25) is 0 Å². The van der Waals surface area contributed by atoms with Crippen molar-refractivity contribution in [3.8, 4) is 5.75 Å². The number of rotatable bonds is 9. The maximum atomic E-state index is 12.5. The third-order valence-electron chi connectivity index (χ3n) is 4.09. The molecule has 0 saturated heterocycles. The lowest BCUT2D eigenvalue weighted by Gasteiger charge is -2.12. The molecule has 0 spiro atoms. The fourth-order valence-electron chi connectivity index (χ4n) is 2.52. The minimum absolute atomic E-state index is 0.0556. The first-order valence-corrected chi connectivity index (χ1v) is 11.3. The molecule has 0 aliphatic carbocycles. The molecule has 2 N–H and O–H groups in total. The van der Waals surface area contributed by atoms with E-state index in [1.54, 1.807) is 18.2 Å². The number of nitro benzene ring substituents is 1. The largest absolute Gasteiger partial charge is 0.492 e. The number of carbonyl (C=O) groups is 1. The van der Waals surface area contributed by atoms with Gasteiger partial charge in [0.15, 0.2) is 5.11 Å². The molecule has 1 amide bonds. The van der Waals surface area contributed by atoms with Crippen LogP contribution in [-0.4, -0.2) is 22.5 Å². The van der Waals surface area contributed by atoms with Crippen molar-refractivity contribution in [2.75, 3.05) is 11.9 Å². The van der Waals surface area contributed by atoms with E-state index in [1.165, 1.54) is 31.0 Å². The summed E-state index contributed by atoms with van der Waals surface area (Å²) in [5.74, 6) is 0.291. The summed E-state index contributed by atoms with van der Waals surface area (Å²) in [5, 5.41) is 16.3. The number of nitro groups is 1. The molecule has 30 heavy (non-hydrogen) atoms. The molecule has 0 aliphatic rings. The number of amides is 1. The summed E-state index contributed by atoms with van der Waals surface area (Å²) in [6, 6.07) is 9.26. The number of ether oxygens (including phenoxy) is 1. The molecule has 0 aromatic heterocycles. The van der Waals surface area contributed by atoms with E-state index in [2.05, 4.69) is 49.4 Å². The average molecular weight is 559 g/mol. The van der Waals surface area contributed by atoms with Gasteiger partial charge in [0, 0.05) is 22.2 Å². The van der Waals surface area contributed by atoms with E-state index >= 15 is 0 Å². The molecule has 0 bridgehead atoms. The van der Waals surface area contributed by atoms with Crippen molar-refractivity contribution in [2.24, 2.45) is 0 Å². The second kappa shape index (κ2) is 12.0. The number of non-ortho nitro benzene ring substituents is 1. The van der Waals surface area contributed by atoms with Gasteiger partial charge in [-0.05, 0) is 74.8 Å². The molecule has 7 nitrogen and oxygen atoms in total. The highest BCUT2D eigenvalue weighted by Crippen LogP contribution is 2.28. The lowest BCUT2D eigenvalue weighted by Crippen LogP contribution is -2.34. The zero-order chi connectivity index (χ0) is 22.1. The molecule has 0 unspecified atom stereocenters. The lowest BCUT2D eigenvalue weighted by molar-refractivity contribution is -0.384. The Balaban J connectivity index is 1.93. The molecular formula is C20H21Br2N3O4S. The van der Waals surface area contributed by atoms with Gasteiger partial charge in [-0.25, -0.2) is 0 Å². The lowest BCUT2D eigenvalue weighted by atomic mass is 10.2. The average Bonchev–Trinajstić information content (AvgIpc) is 2.70. The quantitative estimate of drug-likeness (QED) is 0.164. The Hall–Kier alpha value is -2.04. The molecule has 0 atom stereocenters. The Morgan fingerprint density at radius 2 is 1.90 bits per heavy atom. The van der Waals surface area contributed by atoms with Crippen molar-refractivity contribution in [3.05, 3.63) is 61.0 Å². The summed E-state index contributed by atoms with van der Waals surface area (Å²) in [6.07, 6.45) is 4.48. The van der Waals surface area contributed by atoms with Crippen LogP contribution >= 0.6 is 44.1 Å².